The van der Waals surface area contributed by atoms with Crippen LogP contribution < -0.4 is 28.4 Å². The molecule has 0 N–H and O–H groups in total. The van der Waals surface area contributed by atoms with E-state index in [0.29, 0.717) is 61.5 Å². The molecule has 0 aliphatic heterocycles. The van der Waals surface area contributed by atoms with Crippen LogP contribution in [-0.4, -0.2) is 64.5 Å². The number of methoxy groups -OCH3 is 2. The Morgan fingerprint density at radius 3 is 1.12 bits per heavy atom. The summed E-state index contributed by atoms with van der Waals surface area (Å²) in [6.07, 6.45) is 12.9. The number of fused-ring (bicyclic) bond motifs is 2. The first-order valence-electron chi connectivity index (χ1n) is 25.4. The molecule has 0 heterocycles. The fourth-order valence-electron chi connectivity index (χ4n) is 8.31. The Hall–Kier alpha value is -9.68. The Bertz CT molecular complexity index is 3230. The van der Waals surface area contributed by atoms with Crippen molar-refractivity contribution < 1.29 is 57.1 Å². The van der Waals surface area contributed by atoms with E-state index in [1.54, 1.807) is 74.9 Å². The summed E-state index contributed by atoms with van der Waals surface area (Å²) < 4.78 is 45.4. The Morgan fingerprint density at radius 2 is 0.744 bits per heavy atom. The van der Waals surface area contributed by atoms with Gasteiger partial charge in [0.05, 0.1) is 51.8 Å². The van der Waals surface area contributed by atoms with Crippen molar-refractivity contribution in [3.63, 3.8) is 0 Å². The lowest BCUT2D eigenvalue weighted by molar-refractivity contribution is -0.138. The first-order valence-corrected chi connectivity index (χ1v) is 25.4. The lowest BCUT2D eigenvalue weighted by atomic mass is 9.91. The molecule has 0 amide bonds. The van der Waals surface area contributed by atoms with Crippen LogP contribution in [0.3, 0.4) is 0 Å². The first kappa shape index (κ1) is 54.6. The number of esters is 4. The number of carbonyl (C=O) groups excluding carboxylic acids is 4. The molecule has 0 spiro atoms. The third-order valence-electron chi connectivity index (χ3n) is 12.5. The number of ether oxygens (including phenoxy) is 8. The Kier molecular flexibility index (Phi) is 19.0. The number of hydrogen-bond donors (Lipinski definition) is 0. The van der Waals surface area contributed by atoms with Crippen LogP contribution in [0.4, 0.5) is 0 Å². The quantitative estimate of drug-likeness (QED) is 0.0177. The van der Waals surface area contributed by atoms with Crippen molar-refractivity contribution >= 4 is 69.7 Å². The molecule has 0 aromatic heterocycles. The second-order valence-electron chi connectivity index (χ2n) is 17.7. The van der Waals surface area contributed by atoms with Crippen LogP contribution in [0.5, 0.6) is 34.5 Å². The number of carbonyl (C=O) groups is 4. The molecule has 8 aromatic rings. The normalized spacial score (nSPS) is 11.1. The molecule has 8 rings (SSSR count). The molecule has 12 nitrogen and oxygen atoms in total. The van der Waals surface area contributed by atoms with E-state index >= 15 is 0 Å². The number of benzene rings is 8. The van der Waals surface area contributed by atoms with Crippen molar-refractivity contribution in [3.05, 3.63) is 216 Å². The zero-order valence-electron chi connectivity index (χ0n) is 43.4. The highest BCUT2D eigenvalue weighted by molar-refractivity contribution is 6.12. The molecule has 0 saturated heterocycles. The molecule has 0 radical (unpaired) electrons. The van der Waals surface area contributed by atoms with Crippen LogP contribution in [0, 0.1) is 0 Å². The van der Waals surface area contributed by atoms with Crippen molar-refractivity contribution in [1.82, 2.24) is 0 Å². The van der Waals surface area contributed by atoms with Crippen LogP contribution in [0.25, 0.3) is 57.0 Å². The van der Waals surface area contributed by atoms with E-state index in [-0.39, 0.29) is 35.8 Å². The average Bonchev–Trinajstić information content (AvgIpc) is 3.59. The van der Waals surface area contributed by atoms with Crippen LogP contribution in [0.15, 0.2) is 183 Å². The molecule has 0 aliphatic rings. The zero-order valence-corrected chi connectivity index (χ0v) is 43.4. The lowest BCUT2D eigenvalue weighted by Gasteiger charge is -2.19. The summed E-state index contributed by atoms with van der Waals surface area (Å²) in [5, 5.41) is 3.14. The van der Waals surface area contributed by atoms with Gasteiger partial charge in [0.25, 0.3) is 0 Å². The monoisotopic (exact) mass is 1040 g/mol. The van der Waals surface area contributed by atoms with Gasteiger partial charge >= 0.3 is 23.9 Å². The molecule has 0 aliphatic carbocycles. The van der Waals surface area contributed by atoms with Gasteiger partial charge in [-0.1, -0.05) is 98.1 Å². The first-order chi connectivity index (χ1) is 38.1. The molecule has 0 atom stereocenters. The Balaban J connectivity index is 1.15. The second kappa shape index (κ2) is 27.2. The lowest BCUT2D eigenvalue weighted by Crippen LogP contribution is -2.11. The van der Waals surface area contributed by atoms with Crippen LogP contribution in [-0.2, 0) is 19.1 Å². The molecule has 8 aromatic carbocycles. The van der Waals surface area contributed by atoms with Crippen molar-refractivity contribution in [3.8, 4) is 45.6 Å². The van der Waals surface area contributed by atoms with Crippen LogP contribution >= 0.6 is 0 Å². The van der Waals surface area contributed by atoms with Gasteiger partial charge in [-0.3, -0.25) is 0 Å². The summed E-state index contributed by atoms with van der Waals surface area (Å²) in [5.41, 5.74) is 5.45. The third-order valence-corrected chi connectivity index (χ3v) is 12.5. The summed E-state index contributed by atoms with van der Waals surface area (Å²) in [6, 6.07) is 48.3. The van der Waals surface area contributed by atoms with Crippen molar-refractivity contribution in [2.75, 3.05) is 40.6 Å². The summed E-state index contributed by atoms with van der Waals surface area (Å²) in [4.78, 5) is 51.3. The highest BCUT2D eigenvalue weighted by Gasteiger charge is 2.24. The molecule has 0 fully saturated rings. The minimum Gasteiger partial charge on any atom is -0.497 e. The molecule has 12 heteroatoms. The third kappa shape index (κ3) is 14.8. The van der Waals surface area contributed by atoms with E-state index in [9.17, 15) is 19.2 Å². The van der Waals surface area contributed by atoms with Gasteiger partial charge in [0.1, 0.15) is 34.5 Å². The number of rotatable bonds is 25. The molecule has 0 unspecified atom stereocenters. The summed E-state index contributed by atoms with van der Waals surface area (Å²) >= 11 is 0. The zero-order chi connectivity index (χ0) is 54.6. The summed E-state index contributed by atoms with van der Waals surface area (Å²) in [5.74, 6) is 0.940. The highest BCUT2D eigenvalue weighted by atomic mass is 16.5. The van der Waals surface area contributed by atoms with Gasteiger partial charge in [0.15, 0.2) is 0 Å². The fraction of sp³-hybridized carbons (Fsp3) is 0.152. The van der Waals surface area contributed by atoms with E-state index in [1.165, 1.54) is 0 Å². The van der Waals surface area contributed by atoms with E-state index in [1.807, 2.05) is 109 Å². The smallest absolute Gasteiger partial charge is 0.343 e. The van der Waals surface area contributed by atoms with Crippen molar-refractivity contribution in [1.29, 1.82) is 0 Å². The molecular weight excluding hydrogens is 985 g/mol. The van der Waals surface area contributed by atoms with E-state index < -0.39 is 23.9 Å². The van der Waals surface area contributed by atoms with Gasteiger partial charge in [-0.2, -0.15) is 0 Å². The topological polar surface area (TPSA) is 142 Å². The number of hydrogen-bond acceptors (Lipinski definition) is 12. The van der Waals surface area contributed by atoms with Crippen LogP contribution in [0.2, 0.25) is 0 Å². The largest absolute Gasteiger partial charge is 0.497 e. The molecule has 394 valence electrons. The average molecular weight is 1040 g/mol. The summed E-state index contributed by atoms with van der Waals surface area (Å²) in [6.45, 7) is 8.10. The maximum atomic E-state index is 14.3. The van der Waals surface area contributed by atoms with Gasteiger partial charge in [-0.05, 0) is 167 Å². The predicted octanol–water partition coefficient (Wildman–Crippen LogP) is 14.2. The van der Waals surface area contributed by atoms with Crippen molar-refractivity contribution in [2.24, 2.45) is 0 Å². The maximum absolute atomic E-state index is 14.3. The highest BCUT2D eigenvalue weighted by Crippen LogP contribution is 2.46. The molecule has 0 saturated carbocycles. The van der Waals surface area contributed by atoms with Gasteiger partial charge in [0.2, 0.25) is 0 Å². The maximum Gasteiger partial charge on any atom is 0.343 e. The standard InChI is InChI=1S/C66H58O12/c1-5-61(67)75-41-9-7-39-73-55-31-21-49(22-32-55)65(69)77-59-37-25-51-43-47(13-11-45-15-27-53(71-3)28-16-45)19-35-57(51)63(59)64-58-36-20-48(14-12-46-17-29-54(72-4)30-18-46)44-52(58)26-38-60(64)78-66(70)50-23-33-56(34-24-50)74-40-8-10-42-76-62(68)6-2/h5-6,11-38,43-44H,1-2,7-10,39-42H2,3-4H3/b13-11-,14-12-. The van der Waals surface area contributed by atoms with E-state index in [4.69, 9.17) is 37.9 Å². The second-order valence-corrected chi connectivity index (χ2v) is 17.7. The molecule has 78 heavy (non-hydrogen) atoms. The Morgan fingerprint density at radius 1 is 0.397 bits per heavy atom. The SMILES string of the molecule is C=CC(=O)OCCCCOc1ccc(C(=O)Oc2ccc3cc(/C=C\c4ccc(OC)cc4)ccc3c2-c2c(OC(=O)c3ccc(OCCCCOC(=O)C=C)cc3)ccc3cc(/C=C\c4ccc(OC)cc4)ccc23)cc1. The van der Waals surface area contributed by atoms with Gasteiger partial charge in [0, 0.05) is 23.3 Å². The number of unbranched alkanes of at least 4 members (excludes halogenated alkanes) is 2. The van der Waals surface area contributed by atoms with Crippen LogP contribution in [0.1, 0.15) is 68.7 Å². The van der Waals surface area contributed by atoms with Gasteiger partial charge in [-0.15, -0.1) is 0 Å². The summed E-state index contributed by atoms with van der Waals surface area (Å²) in [7, 11) is 3.27. The van der Waals surface area contributed by atoms with Gasteiger partial charge in [-0.25, -0.2) is 19.2 Å². The van der Waals surface area contributed by atoms with Gasteiger partial charge < -0.3 is 37.9 Å². The van der Waals surface area contributed by atoms with E-state index in [2.05, 4.69) is 25.3 Å². The van der Waals surface area contributed by atoms with E-state index in [0.717, 1.165) is 67.4 Å². The minimum atomic E-state index is -0.617. The minimum absolute atomic E-state index is 0.236. The molecular formula is C66H58O12. The Labute approximate surface area is 453 Å². The predicted molar refractivity (Wildman–Crippen MR) is 305 cm³/mol. The fourth-order valence-corrected chi connectivity index (χ4v) is 8.31. The van der Waals surface area contributed by atoms with Crippen molar-refractivity contribution in [2.45, 2.75) is 25.7 Å². The molecule has 0 bridgehead atoms.